The van der Waals surface area contributed by atoms with E-state index in [1.165, 1.54) is 0 Å². The summed E-state index contributed by atoms with van der Waals surface area (Å²) in [6.45, 7) is 22.5. The summed E-state index contributed by atoms with van der Waals surface area (Å²) in [5.74, 6) is 0. The first kappa shape index (κ1) is 40.6. The van der Waals surface area contributed by atoms with E-state index in [1.54, 1.807) is 0 Å². The second-order valence-corrected chi connectivity index (χ2v) is 5.62. The van der Waals surface area contributed by atoms with Crippen molar-refractivity contribution < 1.29 is 61.9 Å². The van der Waals surface area contributed by atoms with Crippen LogP contribution in [0.3, 0.4) is 0 Å². The van der Waals surface area contributed by atoms with Crippen LogP contribution in [0.25, 0.3) is 0 Å². The minimum atomic E-state index is -4.35. The van der Waals surface area contributed by atoms with Crippen LogP contribution >= 0.6 is 0 Å². The Morgan fingerprint density at radius 3 is 1.14 bits per heavy atom. The molecule has 1 aromatic carbocycles. The number of rotatable bonds is 1. The maximum atomic E-state index is 12.0. The van der Waals surface area contributed by atoms with Crippen molar-refractivity contribution in [3.63, 3.8) is 0 Å². The van der Waals surface area contributed by atoms with Crippen molar-refractivity contribution in [1.82, 2.24) is 0 Å². The van der Waals surface area contributed by atoms with Gasteiger partial charge in [0.2, 0.25) is 0 Å². The van der Waals surface area contributed by atoms with Gasteiger partial charge in [-0.3, -0.25) is 0 Å². The Balaban J connectivity index is -0.0000000678. The molecule has 0 aromatic heterocycles. The molecule has 28 heavy (non-hydrogen) atoms. The molecule has 0 aliphatic rings. The molecular formula is C17H16CrF3NO6. The average molecular weight is 439 g/mol. The number of halogens is 3. The fourth-order valence-corrected chi connectivity index (χ4v) is 1.01. The summed E-state index contributed by atoms with van der Waals surface area (Å²) in [5, 5.41) is 10.7. The molecule has 0 fully saturated rings. The van der Waals surface area contributed by atoms with E-state index in [0.29, 0.717) is 0 Å². The fraction of sp³-hybridized carbons (Fsp3) is 0.294. The third kappa shape index (κ3) is 39.2. The zero-order valence-corrected chi connectivity index (χ0v) is 16.5. The first-order valence-corrected chi connectivity index (χ1v) is 6.74. The number of nitrogens with zero attached hydrogens (tertiary/aromatic N) is 1. The van der Waals surface area contributed by atoms with Crippen LogP contribution in [0, 0.1) is 33.3 Å². The van der Waals surface area contributed by atoms with Crippen LogP contribution in [0.2, 0.25) is 0 Å². The molecule has 0 saturated carbocycles. The van der Waals surface area contributed by atoms with E-state index in [2.05, 4.69) is 77.3 Å². The van der Waals surface area contributed by atoms with E-state index < -0.39 is 11.7 Å². The van der Waals surface area contributed by atoms with E-state index in [-0.39, 0.29) is 10.1 Å². The molecule has 0 aliphatic heterocycles. The molecule has 1 aromatic rings. The van der Waals surface area contributed by atoms with Crippen molar-refractivity contribution in [1.29, 1.82) is 0 Å². The normalized spacial score (nSPS) is 7.79. The molecule has 0 heterocycles. The molecule has 0 spiro atoms. The van der Waals surface area contributed by atoms with E-state index >= 15 is 0 Å². The van der Waals surface area contributed by atoms with Crippen molar-refractivity contribution >= 4 is 4.57 Å². The molecule has 1 rings (SSSR count). The zero-order chi connectivity index (χ0) is 24.6. The molecule has 0 atom stereocenters. The zero-order valence-electron chi connectivity index (χ0n) is 15.2. The van der Waals surface area contributed by atoms with Crippen LogP contribution in [-0.2, 0) is 45.3 Å². The first-order valence-electron chi connectivity index (χ1n) is 6.11. The van der Waals surface area contributed by atoms with E-state index in [4.69, 9.17) is 23.3 Å². The summed E-state index contributed by atoms with van der Waals surface area (Å²) in [4.78, 5) is 0. The monoisotopic (exact) mass is 439 g/mol. The predicted molar refractivity (Wildman–Crippen MR) is 79.2 cm³/mol. The van der Waals surface area contributed by atoms with Gasteiger partial charge >= 0.3 is 137 Å². The van der Waals surface area contributed by atoms with Gasteiger partial charge in [0.15, 0.2) is 0 Å². The second kappa shape index (κ2) is 27.3. The Hall–Kier alpha value is -1.97. The number of alkyl halides is 3. The molecule has 0 amide bonds. The third-order valence-electron chi connectivity index (χ3n) is 1.45. The van der Waals surface area contributed by atoms with Gasteiger partial charge in [0, 0.05) is 0 Å². The topological polar surface area (TPSA) is 123 Å². The summed E-state index contributed by atoms with van der Waals surface area (Å²) in [6, 6.07) is 4.04. The average Bonchev–Trinajstić information content (AvgIpc) is 2.68. The van der Waals surface area contributed by atoms with Crippen LogP contribution in [0.5, 0.6) is 0 Å². The Morgan fingerprint density at radius 2 is 1.00 bits per heavy atom. The maximum absolute atomic E-state index is 12.0. The molecule has 0 aliphatic carbocycles. The Labute approximate surface area is 169 Å². The summed E-state index contributed by atoms with van der Waals surface area (Å²) in [6.07, 6.45) is -4.35. The van der Waals surface area contributed by atoms with Crippen LogP contribution in [-0.4, -0.2) is 37.2 Å². The number of benzene rings is 1. The molecule has 11 heteroatoms. The predicted octanol–water partition coefficient (Wildman–Crippen LogP) is 1.23. The molecule has 0 radical (unpaired) electrons. The fourth-order valence-electron chi connectivity index (χ4n) is 0.795. The van der Waals surface area contributed by atoms with Crippen LogP contribution < -0.4 is 5.11 Å². The van der Waals surface area contributed by atoms with Crippen molar-refractivity contribution in [2.24, 2.45) is 0 Å². The summed E-state index contributed by atoms with van der Waals surface area (Å²) >= 11 is 2.19. The quantitative estimate of drug-likeness (QED) is 0.365. The standard InChI is InChI=1S/C8H4F3O.C4H12N.5CO.Cr/c9-8(10,11)7-3-1-6(5-12)2-4-7;1-5(2,3)4;5*1-2;/h1-4H;1-4H3;;;;;;/q-1;+1;;;;;;. The van der Waals surface area contributed by atoms with Crippen LogP contribution in [0.15, 0.2) is 24.3 Å². The molecule has 0 unspecified atom stereocenters. The van der Waals surface area contributed by atoms with Gasteiger partial charge in [0.1, 0.15) is 0 Å². The SMILES string of the molecule is C[N+](C)(C)C.[C-]#[O+].[C-]#[O+].[C-]#[O+].[C-]#[O+].[C-]#[O+].[O-][C](=[Cr])c1ccc(C(F)(F)F)cc1. The van der Waals surface area contributed by atoms with Crippen molar-refractivity contribution in [3.05, 3.63) is 68.6 Å². The molecular weight excluding hydrogens is 423 g/mol. The Kier molecular flexibility index (Phi) is 39.6. The van der Waals surface area contributed by atoms with E-state index in [9.17, 15) is 18.3 Å². The molecule has 0 N–H and O–H groups in total. The summed E-state index contributed by atoms with van der Waals surface area (Å²) < 4.78 is 74.2. The van der Waals surface area contributed by atoms with Gasteiger partial charge in [-0.25, -0.2) is 0 Å². The Morgan fingerprint density at radius 1 is 0.786 bits per heavy atom. The van der Waals surface area contributed by atoms with Crippen LogP contribution in [0.4, 0.5) is 13.2 Å². The van der Waals surface area contributed by atoms with E-state index in [1.807, 2.05) is 0 Å². The Bertz CT molecular complexity index is 556. The van der Waals surface area contributed by atoms with Crippen LogP contribution in [0.1, 0.15) is 11.1 Å². The summed E-state index contributed by atoms with van der Waals surface area (Å²) in [7, 11) is 8.50. The van der Waals surface area contributed by atoms with Gasteiger partial charge in [0.05, 0.1) is 28.2 Å². The van der Waals surface area contributed by atoms with E-state index in [0.717, 1.165) is 28.7 Å². The van der Waals surface area contributed by atoms with Crippen molar-refractivity contribution in [3.8, 4) is 0 Å². The second-order valence-electron chi connectivity index (χ2n) is 5.05. The number of hydrogen-bond donors (Lipinski definition) is 0. The van der Waals surface area contributed by atoms with Gasteiger partial charge in [-0.1, -0.05) is 0 Å². The molecule has 0 bridgehead atoms. The molecule has 0 saturated heterocycles. The number of hydrogen-bond acceptors (Lipinski definition) is 1. The van der Waals surface area contributed by atoms with Gasteiger partial charge in [0.25, 0.3) is 0 Å². The van der Waals surface area contributed by atoms with Crippen molar-refractivity contribution in [2.75, 3.05) is 28.2 Å². The van der Waals surface area contributed by atoms with Crippen molar-refractivity contribution in [2.45, 2.75) is 6.18 Å². The first-order chi connectivity index (χ1) is 12.9. The van der Waals surface area contributed by atoms with Gasteiger partial charge < -0.3 is 4.48 Å². The van der Waals surface area contributed by atoms with Gasteiger partial charge in [-0.2, -0.15) is 0 Å². The van der Waals surface area contributed by atoms with Gasteiger partial charge in [-0.15, -0.1) is 0 Å². The summed E-state index contributed by atoms with van der Waals surface area (Å²) in [5.41, 5.74) is -0.523. The molecule has 152 valence electrons. The third-order valence-corrected chi connectivity index (χ3v) is 1.82. The minimum absolute atomic E-state index is 0.230. The molecule has 7 nitrogen and oxygen atoms in total. The number of quaternary nitrogens is 1. The van der Waals surface area contributed by atoms with Gasteiger partial charge in [-0.05, 0) is 0 Å².